The van der Waals surface area contributed by atoms with Gasteiger partial charge in [-0.1, -0.05) is 69.2 Å². The minimum Gasteiger partial charge on any atom is -0.497 e. The van der Waals surface area contributed by atoms with Gasteiger partial charge in [0.05, 0.1) is 36.7 Å². The lowest BCUT2D eigenvalue weighted by Crippen LogP contribution is -2.57. The lowest BCUT2D eigenvalue weighted by Gasteiger charge is -2.28. The Bertz CT molecular complexity index is 1290. The number of nitrogens with one attached hydrogen (secondary N) is 3. The van der Waals surface area contributed by atoms with Crippen LogP contribution in [0.4, 0.5) is 0 Å². The molecule has 252 valence electrons. The maximum absolute atomic E-state index is 13.7. The number of sulfone groups is 1. The van der Waals surface area contributed by atoms with Crippen LogP contribution in [0, 0.1) is 0 Å². The van der Waals surface area contributed by atoms with Crippen LogP contribution in [-0.4, -0.2) is 79.3 Å². The van der Waals surface area contributed by atoms with E-state index in [1.165, 1.54) is 0 Å². The summed E-state index contributed by atoms with van der Waals surface area (Å²) >= 11 is 0. The summed E-state index contributed by atoms with van der Waals surface area (Å²) in [6.45, 7) is 4.30. The fourth-order valence-electron chi connectivity index (χ4n) is 4.91. The van der Waals surface area contributed by atoms with E-state index in [0.29, 0.717) is 38.0 Å². The number of aliphatic carboxylic acids is 1. The normalized spacial score (nSPS) is 13.3. The molecule has 2 rings (SSSR count). The number of carbonyl (C=O) groups is 3. The number of aliphatic hydroxyl groups is 1. The third kappa shape index (κ3) is 14.6. The monoisotopic (exact) mass is 669 g/mol. The maximum Gasteiger partial charge on any atom is 0.303 e. The molecule has 3 atom stereocenters. The zero-order valence-electron chi connectivity index (χ0n) is 26.2. The van der Waals surface area contributed by atoms with Crippen LogP contribution in [0.15, 0.2) is 54.6 Å². The quantitative estimate of drug-likeness (QED) is 0.134. The molecule has 0 saturated carbocycles. The van der Waals surface area contributed by atoms with E-state index in [9.17, 15) is 27.9 Å². The molecule has 2 aromatic rings. The van der Waals surface area contributed by atoms with Gasteiger partial charge in [-0.2, -0.15) is 0 Å². The van der Waals surface area contributed by atoms with Crippen LogP contribution in [-0.2, 0) is 37.2 Å². The van der Waals surface area contributed by atoms with Gasteiger partial charge in [0.2, 0.25) is 11.8 Å². The van der Waals surface area contributed by atoms with Crippen molar-refractivity contribution in [2.75, 3.05) is 19.4 Å². The van der Waals surface area contributed by atoms with Crippen LogP contribution in [0.3, 0.4) is 0 Å². The number of carboxylic acid groups (broad SMARTS) is 1. The number of ether oxygens (including phenoxy) is 1. The highest BCUT2D eigenvalue weighted by Crippen LogP contribution is 2.18. The third-order valence-electron chi connectivity index (χ3n) is 7.25. The first kappa shape index (κ1) is 39.8. The molecule has 0 unspecified atom stereocenters. The van der Waals surface area contributed by atoms with Gasteiger partial charge >= 0.3 is 5.97 Å². The average molecular weight is 670 g/mol. The van der Waals surface area contributed by atoms with Crippen molar-refractivity contribution in [1.82, 2.24) is 16.0 Å². The zero-order chi connectivity index (χ0) is 32.5. The minimum absolute atomic E-state index is 0. The van der Waals surface area contributed by atoms with Crippen LogP contribution >= 0.6 is 12.4 Å². The highest BCUT2D eigenvalue weighted by atomic mass is 35.5. The van der Waals surface area contributed by atoms with E-state index >= 15 is 0 Å². The molecule has 0 aliphatic rings. The molecule has 5 N–H and O–H groups in total. The number of carbonyl (C=O) groups excluding carboxylic acids is 2. The van der Waals surface area contributed by atoms with Gasteiger partial charge in [0.15, 0.2) is 9.84 Å². The van der Waals surface area contributed by atoms with Crippen molar-refractivity contribution in [3.63, 3.8) is 0 Å². The number of halogens is 1. The first-order chi connectivity index (χ1) is 21.0. The predicted molar refractivity (Wildman–Crippen MR) is 176 cm³/mol. The Kier molecular flexibility index (Phi) is 18.4. The number of aliphatic hydroxyl groups excluding tert-OH is 1. The van der Waals surface area contributed by atoms with Crippen LogP contribution < -0.4 is 20.7 Å². The Balaban J connectivity index is 0.0000101. The number of carboxylic acids is 1. The molecule has 2 aromatic carbocycles. The molecule has 2 amide bonds. The summed E-state index contributed by atoms with van der Waals surface area (Å²) in [4.78, 5) is 37.2. The average Bonchev–Trinajstić information content (AvgIpc) is 2.99. The molecule has 0 aromatic heterocycles. The Morgan fingerprint density at radius 2 is 1.56 bits per heavy atom. The molecule has 13 heteroatoms. The van der Waals surface area contributed by atoms with Crippen molar-refractivity contribution in [1.29, 1.82) is 0 Å². The van der Waals surface area contributed by atoms with E-state index in [1.54, 1.807) is 7.11 Å². The van der Waals surface area contributed by atoms with Gasteiger partial charge in [0.1, 0.15) is 11.8 Å². The molecule has 0 spiro atoms. The first-order valence-corrected chi connectivity index (χ1v) is 16.8. The Morgan fingerprint density at radius 1 is 0.911 bits per heavy atom. The van der Waals surface area contributed by atoms with E-state index in [2.05, 4.69) is 16.0 Å². The van der Waals surface area contributed by atoms with E-state index in [-0.39, 0.29) is 25.4 Å². The van der Waals surface area contributed by atoms with E-state index < -0.39 is 69.7 Å². The Morgan fingerprint density at radius 3 is 2.16 bits per heavy atom. The molecule has 0 saturated heterocycles. The molecule has 0 bridgehead atoms. The molecule has 11 nitrogen and oxygen atoms in total. The molecule has 0 fully saturated rings. The molecular weight excluding hydrogens is 622 g/mol. The maximum atomic E-state index is 13.7. The van der Waals surface area contributed by atoms with Gasteiger partial charge in [0, 0.05) is 19.5 Å². The number of methoxy groups -OCH3 is 1. The molecular formula is C32H48ClN3O8S. The minimum atomic E-state index is -3.81. The van der Waals surface area contributed by atoms with Crippen molar-refractivity contribution in [2.45, 2.75) is 88.8 Å². The van der Waals surface area contributed by atoms with E-state index in [4.69, 9.17) is 9.84 Å². The molecule has 0 radical (unpaired) electrons. The lowest BCUT2D eigenvalue weighted by molar-refractivity contribution is -0.139. The van der Waals surface area contributed by atoms with E-state index in [0.717, 1.165) is 11.1 Å². The molecule has 0 aliphatic heterocycles. The second-order valence-corrected chi connectivity index (χ2v) is 13.2. The highest BCUT2D eigenvalue weighted by Gasteiger charge is 2.34. The largest absolute Gasteiger partial charge is 0.497 e. The number of benzene rings is 2. The first-order valence-electron chi connectivity index (χ1n) is 15.1. The van der Waals surface area contributed by atoms with E-state index in [1.807, 2.05) is 68.4 Å². The third-order valence-corrected chi connectivity index (χ3v) is 9.54. The topological polar surface area (TPSA) is 171 Å². The summed E-state index contributed by atoms with van der Waals surface area (Å²) in [5, 5.41) is 27.9. The fraction of sp³-hybridized carbons (Fsp3) is 0.531. The second-order valence-electron chi connectivity index (χ2n) is 10.9. The van der Waals surface area contributed by atoms with Gasteiger partial charge in [-0.25, -0.2) is 8.42 Å². The summed E-state index contributed by atoms with van der Waals surface area (Å²) in [7, 11) is -2.23. The standard InChI is InChI=1S/C32H47N3O8S.ClH/c1-4-10-26(11-5-2)44(41,42)22-28(34-30(37)16-17-31(38)39)32(40)35-27(19-23-12-7-6-8-13-23)29(36)21-33-20-24-14-9-15-25(18-24)43-3;/h6-9,12-15,18,26-29,33,36H,4-5,10-11,16-17,19-22H2,1-3H3,(H,34,37)(H,35,40)(H,38,39);1H/t27-,28+,29+;/m0./s1. The smallest absolute Gasteiger partial charge is 0.303 e. The van der Waals surface area contributed by atoms with Crippen molar-refractivity contribution in [3.8, 4) is 5.75 Å². The molecule has 45 heavy (non-hydrogen) atoms. The number of amides is 2. The zero-order valence-corrected chi connectivity index (χ0v) is 27.9. The van der Waals surface area contributed by atoms with Gasteiger partial charge in [-0.15, -0.1) is 12.4 Å². The second kappa shape index (κ2) is 20.8. The van der Waals surface area contributed by atoms with Crippen LogP contribution in [0.25, 0.3) is 0 Å². The summed E-state index contributed by atoms with van der Waals surface area (Å²) < 4.78 is 32.1. The van der Waals surface area contributed by atoms with Crippen molar-refractivity contribution in [2.24, 2.45) is 0 Å². The summed E-state index contributed by atoms with van der Waals surface area (Å²) in [5.74, 6) is -2.63. The lowest BCUT2D eigenvalue weighted by atomic mass is 10.0. The number of hydrogen-bond donors (Lipinski definition) is 5. The van der Waals surface area contributed by atoms with Crippen LogP contribution in [0.1, 0.15) is 63.5 Å². The Labute approximate surface area is 272 Å². The SMILES string of the molecule is CCCC(CCC)S(=O)(=O)C[C@@H](NC(=O)CCC(=O)O)C(=O)N[C@@H](Cc1ccccc1)[C@H](O)CNCc1cccc(OC)c1.Cl. The summed E-state index contributed by atoms with van der Waals surface area (Å²) in [6, 6.07) is 14.4. The summed E-state index contributed by atoms with van der Waals surface area (Å²) in [6.07, 6.45) is 0.427. The Hall–Kier alpha value is -3.19. The van der Waals surface area contributed by atoms with Gasteiger partial charge < -0.3 is 30.9 Å². The fourth-order valence-corrected chi connectivity index (χ4v) is 7.07. The molecule has 0 heterocycles. The van der Waals surface area contributed by atoms with Crippen LogP contribution in [0.2, 0.25) is 0 Å². The van der Waals surface area contributed by atoms with Crippen molar-refractivity contribution >= 4 is 40.0 Å². The summed E-state index contributed by atoms with van der Waals surface area (Å²) in [5.41, 5.74) is 1.77. The van der Waals surface area contributed by atoms with Crippen molar-refractivity contribution < 1.29 is 37.8 Å². The van der Waals surface area contributed by atoms with Crippen molar-refractivity contribution in [3.05, 3.63) is 65.7 Å². The molecule has 0 aliphatic carbocycles. The van der Waals surface area contributed by atoms with Gasteiger partial charge in [-0.3, -0.25) is 14.4 Å². The van der Waals surface area contributed by atoms with Gasteiger partial charge in [0.25, 0.3) is 0 Å². The van der Waals surface area contributed by atoms with Gasteiger partial charge in [-0.05, 0) is 42.5 Å². The van der Waals surface area contributed by atoms with Crippen LogP contribution in [0.5, 0.6) is 5.75 Å². The predicted octanol–water partition coefficient (Wildman–Crippen LogP) is 3.03. The number of hydrogen-bond acceptors (Lipinski definition) is 8. The highest BCUT2D eigenvalue weighted by molar-refractivity contribution is 7.92. The number of rotatable bonds is 21.